The van der Waals surface area contributed by atoms with E-state index in [1.54, 1.807) is 12.1 Å². The third-order valence-electron chi connectivity index (χ3n) is 5.61. The van der Waals surface area contributed by atoms with Crippen molar-refractivity contribution in [3.05, 3.63) is 92.5 Å². The number of hydrogen-bond donors (Lipinski definition) is 1. The largest absolute Gasteiger partial charge is 0.490 e. The fraction of sp³-hybridized carbons (Fsp3) is 0.241. The lowest BCUT2D eigenvalue weighted by atomic mass is 10.1. The second-order valence-electron chi connectivity index (χ2n) is 8.10. The van der Waals surface area contributed by atoms with Crippen molar-refractivity contribution in [2.24, 2.45) is 0 Å². The number of hydrogen-bond acceptors (Lipinski definition) is 4. The maximum atomic E-state index is 12.8. The monoisotopic (exact) mass is 532 g/mol. The number of amides is 1. The number of para-hydroxylation sites is 1. The van der Waals surface area contributed by atoms with E-state index in [1.165, 1.54) is 11.1 Å². The Balaban J connectivity index is 1.86. The molecule has 0 saturated heterocycles. The summed E-state index contributed by atoms with van der Waals surface area (Å²) < 4.78 is 12.6. The third-order valence-corrected chi connectivity index (χ3v) is 6.20. The van der Waals surface area contributed by atoms with Crippen molar-refractivity contribution in [2.75, 3.05) is 11.9 Å². The molecule has 6 heteroatoms. The molecule has 0 bridgehead atoms. The van der Waals surface area contributed by atoms with Gasteiger partial charge in [-0.05, 0) is 95.2 Å². The molecule has 0 aliphatic carbocycles. The predicted molar refractivity (Wildman–Crippen MR) is 144 cm³/mol. The van der Waals surface area contributed by atoms with Gasteiger partial charge in [0.15, 0.2) is 11.5 Å². The molecular formula is C29H29BrN2O3. The van der Waals surface area contributed by atoms with Gasteiger partial charge in [0, 0.05) is 5.69 Å². The molecule has 0 unspecified atom stereocenters. The number of carbonyl (C=O) groups excluding carboxylic acids is 1. The number of nitriles is 1. The Bertz CT molecular complexity index is 1290. The molecule has 0 aliphatic rings. The van der Waals surface area contributed by atoms with E-state index in [0.717, 1.165) is 17.5 Å². The molecule has 1 amide bonds. The van der Waals surface area contributed by atoms with E-state index < -0.39 is 5.91 Å². The van der Waals surface area contributed by atoms with Gasteiger partial charge in [0.1, 0.15) is 18.2 Å². The average Bonchev–Trinajstić information content (AvgIpc) is 2.84. The average molecular weight is 533 g/mol. The Morgan fingerprint density at radius 3 is 2.51 bits per heavy atom. The summed E-state index contributed by atoms with van der Waals surface area (Å²) in [5.74, 6) is 0.644. The van der Waals surface area contributed by atoms with Crippen LogP contribution in [-0.4, -0.2) is 12.5 Å². The summed E-state index contributed by atoms with van der Waals surface area (Å²) in [7, 11) is 0. The van der Waals surface area contributed by atoms with Crippen LogP contribution >= 0.6 is 15.9 Å². The van der Waals surface area contributed by atoms with Gasteiger partial charge in [-0.1, -0.05) is 43.3 Å². The summed E-state index contributed by atoms with van der Waals surface area (Å²) in [6.07, 6.45) is 2.32. The lowest BCUT2D eigenvalue weighted by Crippen LogP contribution is -2.14. The van der Waals surface area contributed by atoms with Gasteiger partial charge >= 0.3 is 0 Å². The van der Waals surface area contributed by atoms with Crippen molar-refractivity contribution in [1.29, 1.82) is 5.26 Å². The standard InChI is InChI=1S/C29H29BrN2O3/c1-5-23-9-7-8-10-26(23)32-29(33)24(17-31)14-22-15-25(30)28(27(16-22)34-6-2)35-18-21-12-11-19(3)20(4)13-21/h7-16H,5-6,18H2,1-4H3,(H,32,33)/b24-14+. The fourth-order valence-corrected chi connectivity index (χ4v) is 4.15. The zero-order chi connectivity index (χ0) is 25.4. The molecule has 0 saturated carbocycles. The van der Waals surface area contributed by atoms with Crippen LogP contribution in [0.3, 0.4) is 0 Å². The van der Waals surface area contributed by atoms with Crippen molar-refractivity contribution in [3.63, 3.8) is 0 Å². The number of nitrogens with one attached hydrogen (secondary N) is 1. The zero-order valence-corrected chi connectivity index (χ0v) is 22.0. The summed E-state index contributed by atoms with van der Waals surface area (Å²) in [6.45, 7) is 8.89. The summed E-state index contributed by atoms with van der Waals surface area (Å²) in [6, 6.07) is 19.4. The summed E-state index contributed by atoms with van der Waals surface area (Å²) in [5.41, 5.74) is 5.85. The molecule has 180 valence electrons. The number of rotatable bonds is 9. The third kappa shape index (κ3) is 6.74. The van der Waals surface area contributed by atoms with Gasteiger partial charge in [-0.3, -0.25) is 4.79 Å². The van der Waals surface area contributed by atoms with Crippen LogP contribution < -0.4 is 14.8 Å². The van der Waals surface area contributed by atoms with Gasteiger partial charge in [0.05, 0.1) is 11.1 Å². The Morgan fingerprint density at radius 2 is 1.83 bits per heavy atom. The van der Waals surface area contributed by atoms with Gasteiger partial charge in [0.2, 0.25) is 0 Å². The lowest BCUT2D eigenvalue weighted by Gasteiger charge is -2.15. The number of carbonyl (C=O) groups is 1. The molecule has 35 heavy (non-hydrogen) atoms. The van der Waals surface area contributed by atoms with Gasteiger partial charge in [-0.15, -0.1) is 0 Å². The first-order valence-electron chi connectivity index (χ1n) is 11.5. The molecule has 0 aliphatic heterocycles. The van der Waals surface area contributed by atoms with E-state index >= 15 is 0 Å². The highest BCUT2D eigenvalue weighted by molar-refractivity contribution is 9.10. The van der Waals surface area contributed by atoms with E-state index in [1.807, 2.05) is 56.3 Å². The normalized spacial score (nSPS) is 11.0. The van der Waals surface area contributed by atoms with Crippen molar-refractivity contribution in [2.45, 2.75) is 40.7 Å². The second kappa shape index (κ2) is 12.2. The van der Waals surface area contributed by atoms with Crippen LogP contribution in [0.25, 0.3) is 6.08 Å². The van der Waals surface area contributed by atoms with Crippen molar-refractivity contribution in [3.8, 4) is 17.6 Å². The highest BCUT2D eigenvalue weighted by Crippen LogP contribution is 2.38. The molecule has 5 nitrogen and oxygen atoms in total. The van der Waals surface area contributed by atoms with Crippen LogP contribution in [0, 0.1) is 25.2 Å². The Kier molecular flexibility index (Phi) is 9.11. The first-order chi connectivity index (χ1) is 16.9. The number of anilines is 1. The van der Waals surface area contributed by atoms with Crippen molar-refractivity contribution in [1.82, 2.24) is 0 Å². The molecule has 0 atom stereocenters. The molecule has 3 aromatic carbocycles. The van der Waals surface area contributed by atoms with E-state index in [2.05, 4.69) is 47.2 Å². The van der Waals surface area contributed by atoms with Gasteiger partial charge in [-0.25, -0.2) is 0 Å². The smallest absolute Gasteiger partial charge is 0.266 e. The molecule has 0 fully saturated rings. The summed E-state index contributed by atoms with van der Waals surface area (Å²) >= 11 is 3.57. The molecule has 3 rings (SSSR count). The quantitative estimate of drug-likeness (QED) is 0.234. The molecule has 1 N–H and O–H groups in total. The number of benzene rings is 3. The van der Waals surface area contributed by atoms with Crippen LogP contribution in [0.2, 0.25) is 0 Å². The minimum atomic E-state index is -0.461. The molecular weight excluding hydrogens is 504 g/mol. The first-order valence-corrected chi connectivity index (χ1v) is 12.3. The topological polar surface area (TPSA) is 71.3 Å². The first kappa shape index (κ1) is 26.1. The summed E-state index contributed by atoms with van der Waals surface area (Å²) in [4.78, 5) is 12.8. The van der Waals surface area contributed by atoms with Crippen LogP contribution in [-0.2, 0) is 17.8 Å². The second-order valence-corrected chi connectivity index (χ2v) is 8.96. The highest BCUT2D eigenvalue weighted by atomic mass is 79.9. The van der Waals surface area contributed by atoms with Gasteiger partial charge in [0.25, 0.3) is 5.91 Å². The SMILES string of the molecule is CCOc1cc(/C=C(\C#N)C(=O)Nc2ccccc2CC)cc(Br)c1OCc1ccc(C)c(C)c1. The van der Waals surface area contributed by atoms with Crippen molar-refractivity contribution >= 4 is 33.6 Å². The lowest BCUT2D eigenvalue weighted by molar-refractivity contribution is -0.112. The molecule has 3 aromatic rings. The van der Waals surface area contributed by atoms with E-state index in [9.17, 15) is 10.1 Å². The van der Waals surface area contributed by atoms with E-state index in [-0.39, 0.29) is 5.57 Å². The molecule has 0 radical (unpaired) electrons. The number of ether oxygens (including phenoxy) is 2. The Morgan fingerprint density at radius 1 is 1.06 bits per heavy atom. The van der Waals surface area contributed by atoms with Gasteiger partial charge in [-0.2, -0.15) is 5.26 Å². The number of aryl methyl sites for hydroxylation is 3. The molecule has 0 heterocycles. The van der Waals surface area contributed by atoms with E-state index in [0.29, 0.717) is 40.4 Å². The van der Waals surface area contributed by atoms with Crippen LogP contribution in [0.4, 0.5) is 5.69 Å². The number of nitrogens with zero attached hydrogens (tertiary/aromatic N) is 1. The van der Waals surface area contributed by atoms with Crippen molar-refractivity contribution < 1.29 is 14.3 Å². The predicted octanol–water partition coefficient (Wildman–Crippen LogP) is 7.15. The Labute approximate surface area is 215 Å². The van der Waals surface area contributed by atoms with E-state index in [4.69, 9.17) is 9.47 Å². The van der Waals surface area contributed by atoms with Crippen LogP contribution in [0.1, 0.15) is 41.7 Å². The maximum absolute atomic E-state index is 12.8. The minimum Gasteiger partial charge on any atom is -0.490 e. The Hall–Kier alpha value is -3.56. The fourth-order valence-electron chi connectivity index (χ4n) is 3.58. The van der Waals surface area contributed by atoms with Gasteiger partial charge < -0.3 is 14.8 Å². The van der Waals surface area contributed by atoms with Crippen LogP contribution in [0.5, 0.6) is 11.5 Å². The minimum absolute atomic E-state index is 0.00551. The molecule has 0 aromatic heterocycles. The van der Waals surface area contributed by atoms with Crippen LogP contribution in [0.15, 0.2) is 64.6 Å². The maximum Gasteiger partial charge on any atom is 0.266 e. The number of halogens is 1. The molecule has 0 spiro atoms. The highest BCUT2D eigenvalue weighted by Gasteiger charge is 2.15. The summed E-state index contributed by atoms with van der Waals surface area (Å²) in [5, 5.41) is 12.5. The zero-order valence-electron chi connectivity index (χ0n) is 20.4.